The summed E-state index contributed by atoms with van der Waals surface area (Å²) in [7, 11) is 0. The van der Waals surface area contributed by atoms with Crippen LogP contribution in [-0.2, 0) is 0 Å². The highest BCUT2D eigenvalue weighted by molar-refractivity contribution is 7.09. The number of aromatic nitrogens is 1. The molecule has 5 heteroatoms. The largest absolute Gasteiger partial charge is 0.375 e. The van der Waals surface area contributed by atoms with Crippen LogP contribution in [0, 0.1) is 11.3 Å². The lowest BCUT2D eigenvalue weighted by Gasteiger charge is -2.15. The van der Waals surface area contributed by atoms with Crippen molar-refractivity contribution in [2.24, 2.45) is 0 Å². The molecule has 3 nitrogen and oxygen atoms in total. The maximum Gasteiger partial charge on any atom is 0.101 e. The molecule has 0 saturated heterocycles. The maximum absolute atomic E-state index is 9.14. The van der Waals surface area contributed by atoms with Gasteiger partial charge in [-0.25, -0.2) is 4.98 Å². The number of benzene rings is 1. The van der Waals surface area contributed by atoms with Crippen LogP contribution in [0.1, 0.15) is 49.0 Å². The standard InChI is InChI=1S/C15H16ClN3S/c1-9(2)15-19-13(8-20-15)10(3)18-14-11(7-17)5-4-6-12(14)16/h4-6,8-10,18H,1-3H3. The summed E-state index contributed by atoms with van der Waals surface area (Å²) in [5.41, 5.74) is 2.19. The monoisotopic (exact) mass is 305 g/mol. The van der Waals surface area contributed by atoms with Crippen LogP contribution in [0.4, 0.5) is 5.69 Å². The van der Waals surface area contributed by atoms with Gasteiger partial charge in [0.2, 0.25) is 0 Å². The Hall–Kier alpha value is -1.57. The van der Waals surface area contributed by atoms with Gasteiger partial charge >= 0.3 is 0 Å². The Morgan fingerprint density at radius 1 is 1.35 bits per heavy atom. The zero-order valence-electron chi connectivity index (χ0n) is 11.6. The Kier molecular flexibility index (Phi) is 4.64. The van der Waals surface area contributed by atoms with E-state index in [-0.39, 0.29) is 6.04 Å². The Morgan fingerprint density at radius 3 is 2.70 bits per heavy atom. The van der Waals surface area contributed by atoms with E-state index in [0.29, 0.717) is 22.2 Å². The van der Waals surface area contributed by atoms with E-state index in [1.165, 1.54) is 0 Å². The zero-order chi connectivity index (χ0) is 14.7. The van der Waals surface area contributed by atoms with E-state index in [4.69, 9.17) is 16.9 Å². The van der Waals surface area contributed by atoms with Crippen molar-refractivity contribution in [3.8, 4) is 6.07 Å². The third kappa shape index (κ3) is 3.12. The summed E-state index contributed by atoms with van der Waals surface area (Å²) in [6.45, 7) is 6.27. The number of nitrogens with one attached hydrogen (secondary N) is 1. The van der Waals surface area contributed by atoms with Gasteiger partial charge in [-0.05, 0) is 19.1 Å². The van der Waals surface area contributed by atoms with Crippen LogP contribution in [0.25, 0.3) is 0 Å². The van der Waals surface area contributed by atoms with Crippen LogP contribution >= 0.6 is 22.9 Å². The Labute approximate surface area is 128 Å². The summed E-state index contributed by atoms with van der Waals surface area (Å²) in [4.78, 5) is 4.62. The number of hydrogen-bond acceptors (Lipinski definition) is 4. The smallest absolute Gasteiger partial charge is 0.101 e. The van der Waals surface area contributed by atoms with Crippen molar-refractivity contribution in [1.29, 1.82) is 5.26 Å². The van der Waals surface area contributed by atoms with E-state index < -0.39 is 0 Å². The quantitative estimate of drug-likeness (QED) is 0.868. The van der Waals surface area contributed by atoms with Gasteiger partial charge in [0.25, 0.3) is 0 Å². The van der Waals surface area contributed by atoms with Crippen LogP contribution in [-0.4, -0.2) is 4.98 Å². The van der Waals surface area contributed by atoms with Gasteiger partial charge in [0.15, 0.2) is 0 Å². The normalized spacial score (nSPS) is 12.2. The number of thiazole rings is 1. The van der Waals surface area contributed by atoms with Gasteiger partial charge in [0.1, 0.15) is 6.07 Å². The predicted octanol–water partition coefficient (Wildman–Crippen LogP) is 4.96. The summed E-state index contributed by atoms with van der Waals surface area (Å²) in [6.07, 6.45) is 0. The highest BCUT2D eigenvalue weighted by Crippen LogP contribution is 2.30. The van der Waals surface area contributed by atoms with E-state index in [9.17, 15) is 0 Å². The lowest BCUT2D eigenvalue weighted by Crippen LogP contribution is -2.09. The van der Waals surface area contributed by atoms with Crippen molar-refractivity contribution < 1.29 is 0 Å². The summed E-state index contributed by atoms with van der Waals surface area (Å²) in [6, 6.07) is 7.46. The number of anilines is 1. The van der Waals surface area contributed by atoms with Gasteiger partial charge in [-0.2, -0.15) is 5.26 Å². The van der Waals surface area contributed by atoms with Gasteiger partial charge < -0.3 is 5.32 Å². The number of hydrogen-bond donors (Lipinski definition) is 1. The first-order valence-electron chi connectivity index (χ1n) is 6.43. The van der Waals surface area contributed by atoms with E-state index in [2.05, 4.69) is 35.6 Å². The molecule has 1 heterocycles. The number of nitrogens with zero attached hydrogens (tertiary/aromatic N) is 2. The van der Waals surface area contributed by atoms with Crippen LogP contribution in [0.15, 0.2) is 23.6 Å². The summed E-state index contributed by atoms with van der Waals surface area (Å²) >= 11 is 7.83. The predicted molar refractivity (Wildman–Crippen MR) is 84.4 cm³/mol. The topological polar surface area (TPSA) is 48.7 Å². The highest BCUT2D eigenvalue weighted by atomic mass is 35.5. The molecule has 0 bridgehead atoms. The minimum absolute atomic E-state index is 0.00532. The molecule has 0 aliphatic heterocycles. The van der Waals surface area contributed by atoms with E-state index in [1.807, 2.05) is 6.92 Å². The number of halogens is 1. The lowest BCUT2D eigenvalue weighted by atomic mass is 10.1. The second kappa shape index (κ2) is 6.25. The maximum atomic E-state index is 9.14. The highest BCUT2D eigenvalue weighted by Gasteiger charge is 2.15. The van der Waals surface area contributed by atoms with Crippen molar-refractivity contribution in [1.82, 2.24) is 4.98 Å². The van der Waals surface area contributed by atoms with Gasteiger partial charge in [-0.1, -0.05) is 31.5 Å². The van der Waals surface area contributed by atoms with Gasteiger partial charge in [0.05, 0.1) is 33.0 Å². The molecule has 20 heavy (non-hydrogen) atoms. The molecule has 2 aromatic rings. The van der Waals surface area contributed by atoms with Gasteiger partial charge in [-0.15, -0.1) is 11.3 Å². The molecule has 1 N–H and O–H groups in total. The SMILES string of the molecule is CC(C)c1nc(C(C)Nc2c(Cl)cccc2C#N)cs1. The first kappa shape index (κ1) is 14.8. The molecule has 0 spiro atoms. The molecule has 1 aromatic carbocycles. The average Bonchev–Trinajstić information content (AvgIpc) is 2.91. The van der Waals surface area contributed by atoms with Gasteiger partial charge in [-0.3, -0.25) is 0 Å². The first-order chi connectivity index (χ1) is 9.52. The molecule has 104 valence electrons. The minimum Gasteiger partial charge on any atom is -0.375 e. The van der Waals surface area contributed by atoms with E-state index in [0.717, 1.165) is 10.7 Å². The first-order valence-corrected chi connectivity index (χ1v) is 7.69. The third-order valence-corrected chi connectivity index (χ3v) is 4.45. The van der Waals surface area contributed by atoms with Gasteiger partial charge in [0, 0.05) is 11.3 Å². The number of para-hydroxylation sites is 1. The molecule has 1 atom stereocenters. The molecule has 2 rings (SSSR count). The van der Waals surface area contributed by atoms with Crippen molar-refractivity contribution in [3.05, 3.63) is 44.9 Å². The Morgan fingerprint density at radius 2 is 2.10 bits per heavy atom. The molecule has 0 saturated carbocycles. The molecule has 0 fully saturated rings. The lowest BCUT2D eigenvalue weighted by molar-refractivity contribution is 0.801. The van der Waals surface area contributed by atoms with E-state index in [1.54, 1.807) is 29.5 Å². The third-order valence-electron chi connectivity index (χ3n) is 2.97. The molecular formula is C15H16ClN3S. The zero-order valence-corrected chi connectivity index (χ0v) is 13.2. The second-order valence-corrected chi connectivity index (χ2v) is 6.20. The second-order valence-electron chi connectivity index (χ2n) is 4.91. The number of rotatable bonds is 4. The van der Waals surface area contributed by atoms with Crippen LogP contribution in [0.2, 0.25) is 5.02 Å². The van der Waals surface area contributed by atoms with Crippen molar-refractivity contribution in [2.75, 3.05) is 5.32 Å². The van der Waals surface area contributed by atoms with Crippen LogP contribution in [0.3, 0.4) is 0 Å². The molecule has 0 aliphatic carbocycles. The molecule has 0 radical (unpaired) electrons. The molecule has 0 aliphatic rings. The summed E-state index contributed by atoms with van der Waals surface area (Å²) in [5, 5.41) is 16.2. The van der Waals surface area contributed by atoms with Crippen LogP contribution in [0.5, 0.6) is 0 Å². The van der Waals surface area contributed by atoms with Crippen LogP contribution < -0.4 is 5.32 Å². The minimum atomic E-state index is 0.00532. The molecule has 1 unspecified atom stereocenters. The fraction of sp³-hybridized carbons (Fsp3) is 0.333. The fourth-order valence-electron chi connectivity index (χ4n) is 1.82. The van der Waals surface area contributed by atoms with Crippen molar-refractivity contribution in [2.45, 2.75) is 32.7 Å². The molecule has 0 amide bonds. The summed E-state index contributed by atoms with van der Waals surface area (Å²) in [5.74, 6) is 0.427. The Bertz CT molecular complexity index is 643. The van der Waals surface area contributed by atoms with Crippen molar-refractivity contribution in [3.63, 3.8) is 0 Å². The molecular weight excluding hydrogens is 290 g/mol. The average molecular weight is 306 g/mol. The fourth-order valence-corrected chi connectivity index (χ4v) is 2.98. The summed E-state index contributed by atoms with van der Waals surface area (Å²) < 4.78 is 0. The molecule has 1 aromatic heterocycles. The Balaban J connectivity index is 2.23. The number of nitriles is 1. The van der Waals surface area contributed by atoms with E-state index >= 15 is 0 Å². The van der Waals surface area contributed by atoms with Crippen molar-refractivity contribution >= 4 is 28.6 Å².